The van der Waals surface area contributed by atoms with Crippen molar-refractivity contribution in [3.63, 3.8) is 0 Å². The van der Waals surface area contributed by atoms with Gasteiger partial charge in [-0.2, -0.15) is 14.9 Å². The summed E-state index contributed by atoms with van der Waals surface area (Å²) in [5, 5.41) is 26.6. The van der Waals surface area contributed by atoms with Crippen molar-refractivity contribution < 1.29 is 14.7 Å². The largest absolute Gasteiger partial charge is 0.494 e. The molecule has 1 saturated carbocycles. The number of hydrogen-bond donors (Lipinski definition) is 2. The minimum absolute atomic E-state index is 0.0238. The van der Waals surface area contributed by atoms with Crippen molar-refractivity contribution >= 4 is 23.5 Å². The molecule has 31 heavy (non-hydrogen) atoms. The van der Waals surface area contributed by atoms with E-state index in [0.29, 0.717) is 17.7 Å². The fourth-order valence-electron chi connectivity index (χ4n) is 3.31. The van der Waals surface area contributed by atoms with E-state index in [1.165, 1.54) is 22.7 Å². The van der Waals surface area contributed by atoms with Crippen molar-refractivity contribution in [2.24, 2.45) is 5.92 Å². The van der Waals surface area contributed by atoms with Crippen LogP contribution in [0.2, 0.25) is 0 Å². The normalized spacial score (nSPS) is 14.0. The van der Waals surface area contributed by atoms with E-state index in [1.54, 1.807) is 13.0 Å². The van der Waals surface area contributed by atoms with Crippen LogP contribution in [0.4, 0.5) is 0 Å². The van der Waals surface area contributed by atoms with E-state index in [1.807, 2.05) is 19.9 Å². The van der Waals surface area contributed by atoms with E-state index >= 15 is 0 Å². The van der Waals surface area contributed by atoms with Gasteiger partial charge in [0, 0.05) is 30.8 Å². The fraction of sp³-hybridized carbons (Fsp3) is 0.476. The number of nitrogens with one attached hydrogen (secondary N) is 1. The van der Waals surface area contributed by atoms with Crippen LogP contribution >= 0.6 is 0 Å². The summed E-state index contributed by atoms with van der Waals surface area (Å²) >= 11 is 0. The highest BCUT2D eigenvalue weighted by atomic mass is 16.3. The summed E-state index contributed by atoms with van der Waals surface area (Å²) in [7, 11) is 1.52. The number of nitrogens with zero attached hydrogens (tertiary/aromatic N) is 5. The molecule has 1 aliphatic carbocycles. The number of rotatable bonds is 7. The predicted octanol–water partition coefficient (Wildman–Crippen LogP) is 1.14. The molecule has 0 atom stereocenters. The zero-order valence-corrected chi connectivity index (χ0v) is 18.0. The first kappa shape index (κ1) is 22.1. The van der Waals surface area contributed by atoms with Gasteiger partial charge in [0.2, 0.25) is 11.8 Å². The van der Waals surface area contributed by atoms with Crippen molar-refractivity contribution in [1.29, 1.82) is 5.26 Å². The predicted molar refractivity (Wildman–Crippen MR) is 113 cm³/mol. The Labute approximate surface area is 179 Å². The van der Waals surface area contributed by atoms with Crippen molar-refractivity contribution in [3.8, 4) is 11.9 Å². The molecule has 0 unspecified atom stereocenters. The number of hydrogen-bond acceptors (Lipinski definition) is 6. The maximum absolute atomic E-state index is 13.0. The van der Waals surface area contributed by atoms with Gasteiger partial charge in [0.05, 0.1) is 12.3 Å². The lowest BCUT2D eigenvalue weighted by Gasteiger charge is -2.17. The van der Waals surface area contributed by atoms with Crippen molar-refractivity contribution in [3.05, 3.63) is 33.3 Å². The Morgan fingerprint density at radius 2 is 2.13 bits per heavy atom. The summed E-state index contributed by atoms with van der Waals surface area (Å²) in [6, 6.07) is 1.94. The van der Waals surface area contributed by atoms with Gasteiger partial charge in [-0.05, 0) is 31.8 Å². The molecule has 2 amide bonds. The van der Waals surface area contributed by atoms with Crippen LogP contribution in [0.15, 0.2) is 16.6 Å². The summed E-state index contributed by atoms with van der Waals surface area (Å²) < 4.78 is 2.55. The molecule has 2 N–H and O–H groups in total. The third-order valence-electron chi connectivity index (χ3n) is 4.96. The van der Waals surface area contributed by atoms with E-state index in [2.05, 4.69) is 10.4 Å². The minimum atomic E-state index is -0.726. The number of carbonyl (C=O) groups excluding carboxylic acids is 2. The van der Waals surface area contributed by atoms with Crippen LogP contribution in [-0.2, 0) is 11.3 Å². The van der Waals surface area contributed by atoms with E-state index in [9.17, 15) is 19.5 Å². The Hall–Kier alpha value is -3.61. The lowest BCUT2D eigenvalue weighted by Crippen LogP contribution is -2.34. The van der Waals surface area contributed by atoms with Gasteiger partial charge in [-0.1, -0.05) is 13.8 Å². The van der Waals surface area contributed by atoms with Gasteiger partial charge in [0.1, 0.15) is 12.2 Å². The van der Waals surface area contributed by atoms with Crippen LogP contribution in [0.25, 0.3) is 11.7 Å². The van der Waals surface area contributed by atoms with Crippen LogP contribution < -0.4 is 10.9 Å². The van der Waals surface area contributed by atoms with Crippen LogP contribution in [-0.4, -0.2) is 55.6 Å². The summed E-state index contributed by atoms with van der Waals surface area (Å²) in [5.41, 5.74) is -0.00461. The Kier molecular flexibility index (Phi) is 6.15. The first-order chi connectivity index (χ1) is 14.6. The maximum atomic E-state index is 13.0. The smallest absolute Gasteiger partial charge is 0.291 e. The second-order valence-electron chi connectivity index (χ2n) is 8.24. The number of likely N-dealkylation sites (N-methyl/N-ethyl adjacent to an activating group) is 1. The average Bonchev–Trinajstić information content (AvgIpc) is 3.41. The molecule has 1 fully saturated rings. The molecule has 3 rings (SSSR count). The molecule has 0 bridgehead atoms. The van der Waals surface area contributed by atoms with Crippen molar-refractivity contribution in [2.75, 3.05) is 13.6 Å². The monoisotopic (exact) mass is 426 g/mol. The van der Waals surface area contributed by atoms with Crippen LogP contribution in [0, 0.1) is 17.2 Å². The molecule has 1 aliphatic rings. The van der Waals surface area contributed by atoms with E-state index in [-0.39, 0.29) is 35.6 Å². The second-order valence-corrected chi connectivity index (χ2v) is 8.24. The van der Waals surface area contributed by atoms with E-state index in [0.717, 1.165) is 17.4 Å². The molecule has 164 valence electrons. The van der Waals surface area contributed by atoms with Gasteiger partial charge in [-0.25, -0.2) is 0 Å². The number of fused-ring (bicyclic) bond motifs is 1. The Morgan fingerprint density at radius 3 is 2.71 bits per heavy atom. The Balaban J connectivity index is 2.16. The third kappa shape index (κ3) is 4.45. The summed E-state index contributed by atoms with van der Waals surface area (Å²) in [5.74, 6) is -1.30. The quantitative estimate of drug-likeness (QED) is 0.504. The molecule has 2 aromatic heterocycles. The van der Waals surface area contributed by atoms with Gasteiger partial charge in [-0.15, -0.1) is 0 Å². The summed E-state index contributed by atoms with van der Waals surface area (Å²) in [6.45, 7) is 5.75. The standard InChI is InChI=1S/C21H26N6O4/c1-12(2)11-26-18-14(9-13(3)19(29)25(4)8-7-22)10-23-27(18)21(31)16(20(26)30)17(28)24-15-5-6-15/h9-10,12,15,30H,5-6,8,11H2,1-4H3,(H,24,28)/b13-9+. The lowest BCUT2D eigenvalue weighted by atomic mass is 10.1. The van der Waals surface area contributed by atoms with Crippen LogP contribution in [0.1, 0.15) is 49.5 Å². The third-order valence-corrected chi connectivity index (χ3v) is 4.96. The zero-order chi connectivity index (χ0) is 22.9. The van der Waals surface area contributed by atoms with Gasteiger partial charge < -0.3 is 15.3 Å². The van der Waals surface area contributed by atoms with Gasteiger partial charge >= 0.3 is 0 Å². The van der Waals surface area contributed by atoms with Gasteiger partial charge in [-0.3, -0.25) is 19.0 Å². The fourth-order valence-corrected chi connectivity index (χ4v) is 3.31. The molecule has 10 nitrogen and oxygen atoms in total. The molecule has 0 aromatic carbocycles. The number of carbonyl (C=O) groups is 2. The molecule has 0 spiro atoms. The molecule has 10 heteroatoms. The molecule has 2 aromatic rings. The molecular weight excluding hydrogens is 400 g/mol. The van der Waals surface area contributed by atoms with Crippen molar-refractivity contribution in [1.82, 2.24) is 24.4 Å². The molecule has 0 saturated heterocycles. The Bertz CT molecular complexity index is 1160. The number of amides is 2. The second kappa shape index (κ2) is 8.63. The first-order valence-electron chi connectivity index (χ1n) is 10.1. The topological polar surface area (TPSA) is 133 Å². The van der Waals surface area contributed by atoms with Crippen LogP contribution in [0.3, 0.4) is 0 Å². The Morgan fingerprint density at radius 1 is 1.45 bits per heavy atom. The summed E-state index contributed by atoms with van der Waals surface area (Å²) in [6.07, 6.45) is 4.66. The molecule has 0 radical (unpaired) electrons. The van der Waals surface area contributed by atoms with Crippen LogP contribution in [0.5, 0.6) is 5.88 Å². The highest BCUT2D eigenvalue weighted by molar-refractivity contribution is 5.99. The summed E-state index contributed by atoms with van der Waals surface area (Å²) in [4.78, 5) is 39.3. The van der Waals surface area contributed by atoms with Crippen molar-refractivity contribution in [2.45, 2.75) is 46.2 Å². The van der Waals surface area contributed by atoms with Gasteiger partial charge in [0.15, 0.2) is 5.56 Å². The molecule has 0 aliphatic heterocycles. The van der Waals surface area contributed by atoms with E-state index in [4.69, 9.17) is 5.26 Å². The number of nitriles is 1. The maximum Gasteiger partial charge on any atom is 0.291 e. The number of aromatic nitrogens is 3. The molecular formula is C21H26N6O4. The highest BCUT2D eigenvalue weighted by Gasteiger charge is 2.30. The average molecular weight is 426 g/mol. The number of aromatic hydroxyl groups is 1. The van der Waals surface area contributed by atoms with E-state index < -0.39 is 17.3 Å². The molecule has 2 heterocycles. The SMILES string of the molecule is C/C(=C\c1cnn2c(=O)c(C(=O)NC3CC3)c(O)n(CC(C)C)c12)C(=O)N(C)CC#N. The zero-order valence-electron chi connectivity index (χ0n) is 18.0. The highest BCUT2D eigenvalue weighted by Crippen LogP contribution is 2.25. The first-order valence-corrected chi connectivity index (χ1v) is 10.1. The minimum Gasteiger partial charge on any atom is -0.494 e. The lowest BCUT2D eigenvalue weighted by molar-refractivity contribution is -0.125. The van der Waals surface area contributed by atoms with Gasteiger partial charge in [0.25, 0.3) is 11.5 Å².